The molecule has 1 amide bonds. The average Bonchev–Trinajstić information content (AvgIpc) is 3.19. The van der Waals surface area contributed by atoms with Crippen LogP contribution >= 0.6 is 0 Å². The van der Waals surface area contributed by atoms with Crippen molar-refractivity contribution in [1.29, 1.82) is 0 Å². The van der Waals surface area contributed by atoms with Gasteiger partial charge in [0.1, 0.15) is 5.75 Å². The number of morpholine rings is 1. The molecule has 2 aliphatic heterocycles. The Morgan fingerprint density at radius 1 is 1.19 bits per heavy atom. The van der Waals surface area contributed by atoms with Gasteiger partial charge in [0.15, 0.2) is 5.69 Å². The Bertz CT molecular complexity index is 867. The van der Waals surface area contributed by atoms with Gasteiger partial charge in [-0.15, -0.1) is 0 Å². The molecule has 3 heterocycles. The molecule has 2 atom stereocenters. The van der Waals surface area contributed by atoms with E-state index in [4.69, 9.17) is 9.47 Å². The quantitative estimate of drug-likeness (QED) is 0.702. The molecular formula is C23H35N5O3. The van der Waals surface area contributed by atoms with Gasteiger partial charge < -0.3 is 19.7 Å². The van der Waals surface area contributed by atoms with Crippen LogP contribution in [0, 0.1) is 5.92 Å². The van der Waals surface area contributed by atoms with Crippen LogP contribution in [-0.2, 0) is 4.74 Å². The fraction of sp³-hybridized carbons (Fsp3) is 0.652. The van der Waals surface area contributed by atoms with Gasteiger partial charge in [0.25, 0.3) is 5.91 Å². The van der Waals surface area contributed by atoms with Gasteiger partial charge >= 0.3 is 0 Å². The molecule has 0 saturated carbocycles. The largest absolute Gasteiger partial charge is 0.497 e. The molecule has 0 aliphatic carbocycles. The van der Waals surface area contributed by atoms with Crippen molar-refractivity contribution < 1.29 is 14.3 Å². The zero-order chi connectivity index (χ0) is 21.8. The first kappa shape index (κ1) is 22.0. The lowest BCUT2D eigenvalue weighted by Crippen LogP contribution is -2.48. The SMILES string of the molecule is COc1ccc2[nH]nc(C(=O)NCC3CCN(CCN4CC(C)OC(C)C4)CC3)c2c1. The summed E-state index contributed by atoms with van der Waals surface area (Å²) in [4.78, 5) is 17.8. The van der Waals surface area contributed by atoms with Crippen LogP contribution in [-0.4, -0.2) is 91.0 Å². The molecule has 8 nitrogen and oxygen atoms in total. The second-order valence-electron chi connectivity index (χ2n) is 9.00. The first-order valence-corrected chi connectivity index (χ1v) is 11.4. The summed E-state index contributed by atoms with van der Waals surface area (Å²) in [5.74, 6) is 1.11. The molecule has 1 aromatic heterocycles. The number of benzene rings is 1. The van der Waals surface area contributed by atoms with Gasteiger partial charge in [-0.3, -0.25) is 14.8 Å². The summed E-state index contributed by atoms with van der Waals surface area (Å²) in [6, 6.07) is 5.59. The number of aromatic amines is 1. The Balaban J connectivity index is 1.20. The second-order valence-corrected chi connectivity index (χ2v) is 9.00. The third-order valence-corrected chi connectivity index (χ3v) is 6.47. The van der Waals surface area contributed by atoms with Crippen LogP contribution in [0.25, 0.3) is 10.9 Å². The summed E-state index contributed by atoms with van der Waals surface area (Å²) in [7, 11) is 1.62. The molecule has 2 N–H and O–H groups in total. The predicted octanol–water partition coefficient (Wildman–Crippen LogP) is 2.12. The lowest BCUT2D eigenvalue weighted by Gasteiger charge is -2.38. The van der Waals surface area contributed by atoms with E-state index in [-0.39, 0.29) is 5.91 Å². The number of methoxy groups -OCH3 is 1. The van der Waals surface area contributed by atoms with E-state index in [0.717, 1.165) is 68.8 Å². The number of piperidine rings is 1. The second kappa shape index (κ2) is 9.97. The molecule has 2 saturated heterocycles. The van der Waals surface area contributed by atoms with Crippen molar-refractivity contribution in [2.75, 3.05) is 52.9 Å². The van der Waals surface area contributed by atoms with Crippen LogP contribution in [0.2, 0.25) is 0 Å². The van der Waals surface area contributed by atoms with E-state index in [1.54, 1.807) is 7.11 Å². The number of hydrogen-bond donors (Lipinski definition) is 2. The van der Waals surface area contributed by atoms with Crippen LogP contribution in [0.3, 0.4) is 0 Å². The van der Waals surface area contributed by atoms with Gasteiger partial charge in [0, 0.05) is 38.1 Å². The van der Waals surface area contributed by atoms with Crippen molar-refractivity contribution in [3.05, 3.63) is 23.9 Å². The average molecular weight is 430 g/mol. The van der Waals surface area contributed by atoms with Gasteiger partial charge in [-0.2, -0.15) is 5.10 Å². The molecule has 31 heavy (non-hydrogen) atoms. The molecule has 4 rings (SSSR count). The maximum atomic E-state index is 12.7. The van der Waals surface area contributed by atoms with Crippen LogP contribution in [0.1, 0.15) is 37.2 Å². The topological polar surface area (TPSA) is 82.7 Å². The van der Waals surface area contributed by atoms with Crippen molar-refractivity contribution in [3.63, 3.8) is 0 Å². The minimum absolute atomic E-state index is 0.127. The van der Waals surface area contributed by atoms with E-state index in [1.807, 2.05) is 18.2 Å². The summed E-state index contributed by atoms with van der Waals surface area (Å²) in [6.45, 7) is 11.5. The standard InChI is InChI=1S/C23H35N5O3/c1-16-14-28(15-17(2)31-16)11-10-27-8-6-18(7-9-27)13-24-23(29)22-20-12-19(30-3)4-5-21(20)25-26-22/h4-5,12,16-18H,6-11,13-15H2,1-3H3,(H,24,29)(H,25,26). The normalized spacial score (nSPS) is 23.8. The minimum atomic E-state index is -0.127. The van der Waals surface area contributed by atoms with Gasteiger partial charge in [-0.05, 0) is 63.9 Å². The van der Waals surface area contributed by atoms with Gasteiger partial charge in [0.2, 0.25) is 0 Å². The Labute approximate surface area is 184 Å². The number of hydrogen-bond acceptors (Lipinski definition) is 6. The lowest BCUT2D eigenvalue weighted by molar-refractivity contribution is -0.0697. The van der Waals surface area contributed by atoms with Crippen molar-refractivity contribution >= 4 is 16.8 Å². The Morgan fingerprint density at radius 2 is 1.90 bits per heavy atom. The first-order valence-electron chi connectivity index (χ1n) is 11.4. The third-order valence-electron chi connectivity index (χ3n) is 6.47. The summed E-state index contributed by atoms with van der Waals surface area (Å²) in [6.07, 6.45) is 2.88. The summed E-state index contributed by atoms with van der Waals surface area (Å²) < 4.78 is 11.1. The van der Waals surface area contributed by atoms with E-state index < -0.39 is 0 Å². The Morgan fingerprint density at radius 3 is 2.61 bits per heavy atom. The number of fused-ring (bicyclic) bond motifs is 1. The highest BCUT2D eigenvalue weighted by atomic mass is 16.5. The summed E-state index contributed by atoms with van der Waals surface area (Å²) >= 11 is 0. The first-order chi connectivity index (χ1) is 15.0. The van der Waals surface area contributed by atoms with Gasteiger partial charge in [0.05, 0.1) is 24.8 Å². The molecule has 0 radical (unpaired) electrons. The third kappa shape index (κ3) is 5.56. The lowest BCUT2D eigenvalue weighted by atomic mass is 9.96. The van der Waals surface area contributed by atoms with Crippen molar-refractivity contribution in [1.82, 2.24) is 25.3 Å². The number of nitrogens with zero attached hydrogens (tertiary/aromatic N) is 3. The van der Waals surface area contributed by atoms with Crippen LogP contribution in [0.4, 0.5) is 0 Å². The number of H-pyrrole nitrogens is 1. The van der Waals surface area contributed by atoms with Gasteiger partial charge in [-0.1, -0.05) is 0 Å². The highest BCUT2D eigenvalue weighted by molar-refractivity contribution is 6.05. The fourth-order valence-corrected chi connectivity index (χ4v) is 4.78. The molecule has 8 heteroatoms. The number of amides is 1. The van der Waals surface area contributed by atoms with Crippen molar-refractivity contribution in [2.45, 2.75) is 38.9 Å². The van der Waals surface area contributed by atoms with Gasteiger partial charge in [-0.25, -0.2) is 0 Å². The Hall–Kier alpha value is -2.16. The molecule has 0 spiro atoms. The fourth-order valence-electron chi connectivity index (χ4n) is 4.78. The number of likely N-dealkylation sites (tertiary alicyclic amines) is 1. The number of carbonyl (C=O) groups excluding carboxylic acids is 1. The highest BCUT2D eigenvalue weighted by Gasteiger charge is 2.24. The number of nitrogens with one attached hydrogen (secondary N) is 2. The molecular weight excluding hydrogens is 394 g/mol. The molecule has 2 aromatic rings. The zero-order valence-corrected chi connectivity index (χ0v) is 18.9. The summed E-state index contributed by atoms with van der Waals surface area (Å²) in [5, 5.41) is 11.0. The smallest absolute Gasteiger partial charge is 0.272 e. The van der Waals surface area contributed by atoms with E-state index in [2.05, 4.69) is 39.2 Å². The maximum Gasteiger partial charge on any atom is 0.272 e. The number of carbonyl (C=O) groups is 1. The minimum Gasteiger partial charge on any atom is -0.497 e. The Kier molecular flexibility index (Phi) is 7.09. The van der Waals surface area contributed by atoms with E-state index in [9.17, 15) is 4.79 Å². The molecule has 2 unspecified atom stereocenters. The number of aromatic nitrogens is 2. The van der Waals surface area contributed by atoms with E-state index in [1.165, 1.54) is 0 Å². The van der Waals surface area contributed by atoms with Crippen molar-refractivity contribution in [2.24, 2.45) is 5.92 Å². The summed E-state index contributed by atoms with van der Waals surface area (Å²) in [5.41, 5.74) is 1.27. The number of rotatable bonds is 7. The molecule has 1 aromatic carbocycles. The maximum absolute atomic E-state index is 12.7. The van der Waals surface area contributed by atoms with E-state index >= 15 is 0 Å². The highest BCUT2D eigenvalue weighted by Crippen LogP contribution is 2.22. The van der Waals surface area contributed by atoms with E-state index in [0.29, 0.717) is 30.4 Å². The molecule has 170 valence electrons. The van der Waals surface area contributed by atoms with Crippen LogP contribution in [0.15, 0.2) is 18.2 Å². The zero-order valence-electron chi connectivity index (χ0n) is 18.9. The predicted molar refractivity (Wildman–Crippen MR) is 121 cm³/mol. The van der Waals surface area contributed by atoms with Crippen molar-refractivity contribution in [3.8, 4) is 5.75 Å². The monoisotopic (exact) mass is 429 g/mol. The molecule has 2 fully saturated rings. The van der Waals surface area contributed by atoms with Crippen LogP contribution in [0.5, 0.6) is 5.75 Å². The van der Waals surface area contributed by atoms with Crippen LogP contribution < -0.4 is 10.1 Å². The molecule has 2 aliphatic rings. The number of ether oxygens (including phenoxy) is 2. The molecule has 0 bridgehead atoms.